The van der Waals surface area contributed by atoms with Gasteiger partial charge in [0.25, 0.3) is 0 Å². The van der Waals surface area contributed by atoms with Gasteiger partial charge in [-0.25, -0.2) is 4.39 Å². The van der Waals surface area contributed by atoms with Crippen LogP contribution in [-0.2, 0) is 0 Å². The fraction of sp³-hybridized carbons (Fsp3) is 0.500. The Morgan fingerprint density at radius 1 is 1.47 bits per heavy atom. The highest BCUT2D eigenvalue weighted by atomic mass is 35.5. The Kier molecular flexibility index (Phi) is 4.76. The summed E-state index contributed by atoms with van der Waals surface area (Å²) in [7, 11) is 0. The molecule has 3 nitrogen and oxygen atoms in total. The summed E-state index contributed by atoms with van der Waals surface area (Å²) in [4.78, 5) is 2.13. The lowest BCUT2D eigenvalue weighted by Gasteiger charge is -2.34. The second kappa shape index (κ2) is 6.33. The summed E-state index contributed by atoms with van der Waals surface area (Å²) in [5.74, 6) is -0.286. The summed E-state index contributed by atoms with van der Waals surface area (Å²) in [6.45, 7) is 5.03. The van der Waals surface area contributed by atoms with E-state index in [1.54, 1.807) is 19.1 Å². The molecule has 0 radical (unpaired) electrons. The molecular weight excluding hydrogens is 265 g/mol. The molecule has 1 N–H and O–H groups in total. The van der Waals surface area contributed by atoms with Crippen molar-refractivity contribution < 1.29 is 4.39 Å². The summed E-state index contributed by atoms with van der Waals surface area (Å²) in [6, 6.07) is 5.26. The predicted molar refractivity (Wildman–Crippen MR) is 73.6 cm³/mol. The fourth-order valence-corrected chi connectivity index (χ4v) is 2.75. The summed E-state index contributed by atoms with van der Waals surface area (Å²) >= 11 is 6.16. The van der Waals surface area contributed by atoms with Crippen LogP contribution < -0.4 is 5.32 Å². The lowest BCUT2D eigenvalue weighted by molar-refractivity contribution is 0.172. The van der Waals surface area contributed by atoms with Crippen molar-refractivity contribution in [2.24, 2.45) is 0 Å². The Morgan fingerprint density at radius 2 is 2.16 bits per heavy atom. The average molecular weight is 282 g/mol. The summed E-state index contributed by atoms with van der Waals surface area (Å²) in [5.41, 5.74) is 1.03. The quantitative estimate of drug-likeness (QED) is 0.926. The average Bonchev–Trinajstić information content (AvgIpc) is 2.43. The highest BCUT2D eigenvalue weighted by Gasteiger charge is 2.27. The molecular formula is C14H17ClFN3. The fourth-order valence-electron chi connectivity index (χ4n) is 2.48. The van der Waals surface area contributed by atoms with Crippen molar-refractivity contribution in [2.75, 3.05) is 26.2 Å². The molecule has 1 atom stereocenters. The van der Waals surface area contributed by atoms with E-state index in [2.05, 4.69) is 16.3 Å². The molecule has 1 aliphatic heterocycles. The number of hydrogen-bond donors (Lipinski definition) is 1. The van der Waals surface area contributed by atoms with Crippen molar-refractivity contribution in [3.8, 4) is 6.07 Å². The molecule has 19 heavy (non-hydrogen) atoms. The van der Waals surface area contributed by atoms with Crippen LogP contribution in [0.15, 0.2) is 12.1 Å². The van der Waals surface area contributed by atoms with Gasteiger partial charge in [0.05, 0.1) is 18.5 Å². The first-order valence-corrected chi connectivity index (χ1v) is 6.79. The molecule has 5 heteroatoms. The molecule has 0 bridgehead atoms. The number of aryl methyl sites for hydroxylation is 1. The Labute approximate surface area is 118 Å². The standard InChI is InChI=1S/C14H17ClFN3/c1-10-2-3-11(15)13(14(10)16)12(4-5-17)19-8-6-18-7-9-19/h2-3,12,18H,4,6-9H2,1H3/t12-/m0/s1. The zero-order valence-electron chi connectivity index (χ0n) is 10.9. The maximum atomic E-state index is 14.4. The molecule has 0 saturated carbocycles. The van der Waals surface area contributed by atoms with Gasteiger partial charge in [0, 0.05) is 36.8 Å². The number of nitrogens with zero attached hydrogens (tertiary/aromatic N) is 2. The molecule has 0 amide bonds. The first kappa shape index (κ1) is 14.3. The SMILES string of the molecule is Cc1ccc(Cl)c([C@H](CC#N)N2CCNCC2)c1F. The van der Waals surface area contributed by atoms with Crippen molar-refractivity contribution in [3.63, 3.8) is 0 Å². The van der Waals surface area contributed by atoms with Crippen molar-refractivity contribution in [3.05, 3.63) is 34.1 Å². The molecule has 1 heterocycles. The van der Waals surface area contributed by atoms with Crippen molar-refractivity contribution in [1.82, 2.24) is 10.2 Å². The van der Waals surface area contributed by atoms with Gasteiger partial charge in [-0.3, -0.25) is 4.90 Å². The first-order chi connectivity index (χ1) is 9.15. The molecule has 1 saturated heterocycles. The van der Waals surface area contributed by atoms with E-state index < -0.39 is 0 Å². The Bertz CT molecular complexity index is 492. The van der Waals surface area contributed by atoms with Gasteiger partial charge in [0.2, 0.25) is 0 Å². The van der Waals surface area contributed by atoms with Gasteiger partial charge in [-0.2, -0.15) is 5.26 Å². The van der Waals surface area contributed by atoms with Crippen LogP contribution in [0.5, 0.6) is 0 Å². The van der Waals surface area contributed by atoms with Gasteiger partial charge in [-0.15, -0.1) is 0 Å². The third kappa shape index (κ3) is 3.06. The van der Waals surface area contributed by atoms with Crippen molar-refractivity contribution >= 4 is 11.6 Å². The van der Waals surface area contributed by atoms with E-state index in [0.29, 0.717) is 16.1 Å². The molecule has 0 aromatic heterocycles. The molecule has 1 aliphatic rings. The van der Waals surface area contributed by atoms with Crippen LogP contribution in [0.3, 0.4) is 0 Å². The van der Waals surface area contributed by atoms with Crippen LogP contribution >= 0.6 is 11.6 Å². The molecule has 102 valence electrons. The van der Waals surface area contributed by atoms with Gasteiger partial charge < -0.3 is 5.32 Å². The second-order valence-electron chi connectivity index (χ2n) is 4.76. The number of rotatable bonds is 3. The molecule has 1 fully saturated rings. The number of nitriles is 1. The smallest absolute Gasteiger partial charge is 0.132 e. The lowest BCUT2D eigenvalue weighted by Crippen LogP contribution is -2.45. The third-order valence-electron chi connectivity index (χ3n) is 3.53. The Balaban J connectivity index is 2.38. The van der Waals surface area contributed by atoms with Crippen LogP contribution in [0, 0.1) is 24.1 Å². The van der Waals surface area contributed by atoms with E-state index in [9.17, 15) is 4.39 Å². The van der Waals surface area contributed by atoms with Gasteiger partial charge in [-0.05, 0) is 18.6 Å². The van der Waals surface area contributed by atoms with E-state index in [1.807, 2.05) is 0 Å². The number of nitrogens with one attached hydrogen (secondary N) is 1. The number of halogens is 2. The zero-order chi connectivity index (χ0) is 13.8. The summed E-state index contributed by atoms with van der Waals surface area (Å²) < 4.78 is 14.4. The van der Waals surface area contributed by atoms with Gasteiger partial charge in [-0.1, -0.05) is 17.7 Å². The van der Waals surface area contributed by atoms with Gasteiger partial charge >= 0.3 is 0 Å². The highest BCUT2D eigenvalue weighted by Crippen LogP contribution is 2.33. The van der Waals surface area contributed by atoms with Crippen LogP contribution in [0.1, 0.15) is 23.6 Å². The molecule has 2 rings (SSSR count). The normalized spacial score (nSPS) is 18.0. The molecule has 0 aliphatic carbocycles. The van der Waals surface area contributed by atoms with Crippen molar-refractivity contribution in [2.45, 2.75) is 19.4 Å². The largest absolute Gasteiger partial charge is 0.314 e. The predicted octanol–water partition coefficient (Wildman–Crippen LogP) is 2.65. The van der Waals surface area contributed by atoms with E-state index >= 15 is 0 Å². The Morgan fingerprint density at radius 3 is 2.79 bits per heavy atom. The molecule has 0 unspecified atom stereocenters. The van der Waals surface area contributed by atoms with Crippen LogP contribution in [0.2, 0.25) is 5.02 Å². The van der Waals surface area contributed by atoms with Crippen LogP contribution in [-0.4, -0.2) is 31.1 Å². The first-order valence-electron chi connectivity index (χ1n) is 6.41. The number of benzene rings is 1. The van der Waals surface area contributed by atoms with Crippen LogP contribution in [0.4, 0.5) is 4.39 Å². The number of hydrogen-bond acceptors (Lipinski definition) is 3. The van der Waals surface area contributed by atoms with E-state index in [-0.39, 0.29) is 18.3 Å². The maximum Gasteiger partial charge on any atom is 0.132 e. The van der Waals surface area contributed by atoms with E-state index in [0.717, 1.165) is 26.2 Å². The second-order valence-corrected chi connectivity index (χ2v) is 5.16. The van der Waals surface area contributed by atoms with E-state index in [1.165, 1.54) is 0 Å². The Hall–Kier alpha value is -1.15. The highest BCUT2D eigenvalue weighted by molar-refractivity contribution is 6.31. The van der Waals surface area contributed by atoms with Crippen LogP contribution in [0.25, 0.3) is 0 Å². The topological polar surface area (TPSA) is 39.1 Å². The molecule has 1 aromatic rings. The molecule has 1 aromatic carbocycles. The van der Waals surface area contributed by atoms with Gasteiger partial charge in [0.1, 0.15) is 5.82 Å². The third-order valence-corrected chi connectivity index (χ3v) is 3.86. The minimum Gasteiger partial charge on any atom is -0.314 e. The summed E-state index contributed by atoms with van der Waals surface area (Å²) in [5, 5.41) is 12.7. The molecule has 0 spiro atoms. The monoisotopic (exact) mass is 281 g/mol. The summed E-state index contributed by atoms with van der Waals surface area (Å²) in [6.07, 6.45) is 0.250. The number of piperazine rings is 1. The van der Waals surface area contributed by atoms with E-state index in [4.69, 9.17) is 16.9 Å². The van der Waals surface area contributed by atoms with Crippen molar-refractivity contribution in [1.29, 1.82) is 5.26 Å². The zero-order valence-corrected chi connectivity index (χ0v) is 11.7. The minimum atomic E-state index is -0.286. The van der Waals surface area contributed by atoms with Gasteiger partial charge in [0.15, 0.2) is 0 Å². The lowest BCUT2D eigenvalue weighted by atomic mass is 9.99. The minimum absolute atomic E-state index is 0.250. The maximum absolute atomic E-state index is 14.4.